The number of amides is 1. The van der Waals surface area contributed by atoms with Crippen molar-refractivity contribution in [3.8, 4) is 11.1 Å². The minimum absolute atomic E-state index is 0.0685. The van der Waals surface area contributed by atoms with Gasteiger partial charge in [-0.25, -0.2) is 0 Å². The molecule has 5 heteroatoms. The molecule has 3 rings (SSSR count). The highest BCUT2D eigenvalue weighted by atomic mass is 79.9. The quantitative estimate of drug-likeness (QED) is 0.642. The Morgan fingerprint density at radius 2 is 2.09 bits per heavy atom. The minimum Gasteiger partial charge on any atom is -0.472 e. The Bertz CT molecular complexity index is 780. The largest absolute Gasteiger partial charge is 0.472 e. The van der Waals surface area contributed by atoms with E-state index in [1.807, 2.05) is 30.3 Å². The van der Waals surface area contributed by atoms with Crippen LogP contribution in [0.1, 0.15) is 16.9 Å². The average Bonchev–Trinajstić information content (AvgIpc) is 3.23. The number of carbonyl (C=O) groups is 1. The first-order valence-corrected chi connectivity index (χ1v) is 9.00. The molecule has 23 heavy (non-hydrogen) atoms. The van der Waals surface area contributed by atoms with E-state index in [4.69, 9.17) is 4.42 Å². The van der Waals surface area contributed by atoms with Crippen LogP contribution in [0.3, 0.4) is 0 Å². The van der Waals surface area contributed by atoms with Gasteiger partial charge < -0.3 is 9.73 Å². The molecular weight excluding hydrogens is 374 g/mol. The molecule has 1 aromatic carbocycles. The SMILES string of the molecule is O=C(CCc1ccccc1Br)NCc1cc(-c2ccoc2)cs1. The van der Waals surface area contributed by atoms with Gasteiger partial charge >= 0.3 is 0 Å². The maximum Gasteiger partial charge on any atom is 0.220 e. The van der Waals surface area contributed by atoms with Crippen LogP contribution >= 0.6 is 27.3 Å². The summed E-state index contributed by atoms with van der Waals surface area (Å²) in [5.41, 5.74) is 3.34. The summed E-state index contributed by atoms with van der Waals surface area (Å²) >= 11 is 5.15. The van der Waals surface area contributed by atoms with Crippen LogP contribution in [0, 0.1) is 0 Å². The van der Waals surface area contributed by atoms with E-state index in [0.717, 1.165) is 32.5 Å². The molecule has 118 valence electrons. The number of nitrogens with one attached hydrogen (secondary N) is 1. The van der Waals surface area contributed by atoms with E-state index in [1.54, 1.807) is 23.9 Å². The molecule has 0 bridgehead atoms. The highest BCUT2D eigenvalue weighted by Gasteiger charge is 2.07. The molecule has 0 aliphatic rings. The lowest BCUT2D eigenvalue weighted by molar-refractivity contribution is -0.121. The third-order valence-corrected chi connectivity index (χ3v) is 5.26. The zero-order valence-electron chi connectivity index (χ0n) is 12.4. The van der Waals surface area contributed by atoms with Crippen molar-refractivity contribution in [3.63, 3.8) is 0 Å². The Labute approximate surface area is 147 Å². The number of halogens is 1. The topological polar surface area (TPSA) is 42.2 Å². The molecule has 2 aromatic heterocycles. The number of rotatable bonds is 6. The fourth-order valence-electron chi connectivity index (χ4n) is 2.28. The minimum atomic E-state index is 0.0685. The van der Waals surface area contributed by atoms with Crippen molar-refractivity contribution in [1.82, 2.24) is 5.32 Å². The van der Waals surface area contributed by atoms with Crippen molar-refractivity contribution in [2.24, 2.45) is 0 Å². The summed E-state index contributed by atoms with van der Waals surface area (Å²) in [5, 5.41) is 5.06. The maximum atomic E-state index is 12.0. The van der Waals surface area contributed by atoms with Gasteiger partial charge in [-0.05, 0) is 41.1 Å². The average molecular weight is 390 g/mol. The van der Waals surface area contributed by atoms with Gasteiger partial charge in [0.15, 0.2) is 0 Å². The van der Waals surface area contributed by atoms with E-state index >= 15 is 0 Å². The molecule has 0 fully saturated rings. The number of hydrogen-bond donors (Lipinski definition) is 1. The van der Waals surface area contributed by atoms with Crippen molar-refractivity contribution in [3.05, 3.63) is 69.2 Å². The number of furan rings is 1. The Balaban J connectivity index is 1.49. The van der Waals surface area contributed by atoms with Crippen molar-refractivity contribution >= 4 is 33.2 Å². The Kier molecular flexibility index (Phi) is 5.31. The zero-order chi connectivity index (χ0) is 16.1. The number of benzene rings is 1. The molecule has 0 aliphatic heterocycles. The molecular formula is C18H16BrNO2S. The van der Waals surface area contributed by atoms with Crippen LogP contribution in [0.5, 0.6) is 0 Å². The lowest BCUT2D eigenvalue weighted by Crippen LogP contribution is -2.22. The van der Waals surface area contributed by atoms with Gasteiger partial charge in [0.25, 0.3) is 0 Å². The van der Waals surface area contributed by atoms with Crippen LogP contribution < -0.4 is 5.32 Å². The normalized spacial score (nSPS) is 10.7. The fraction of sp³-hybridized carbons (Fsp3) is 0.167. The van der Waals surface area contributed by atoms with Gasteiger partial charge in [0, 0.05) is 21.3 Å². The molecule has 1 N–H and O–H groups in total. The van der Waals surface area contributed by atoms with E-state index in [-0.39, 0.29) is 5.91 Å². The maximum absolute atomic E-state index is 12.0. The molecule has 0 radical (unpaired) electrons. The fourth-order valence-corrected chi connectivity index (χ4v) is 3.59. The van der Waals surface area contributed by atoms with Crippen LogP contribution in [0.25, 0.3) is 11.1 Å². The van der Waals surface area contributed by atoms with Gasteiger partial charge in [-0.1, -0.05) is 34.1 Å². The van der Waals surface area contributed by atoms with Crippen LogP contribution in [-0.4, -0.2) is 5.91 Å². The van der Waals surface area contributed by atoms with Gasteiger partial charge in [-0.2, -0.15) is 0 Å². The first kappa shape index (κ1) is 16.0. The molecule has 0 saturated heterocycles. The summed E-state index contributed by atoms with van der Waals surface area (Å²) in [5.74, 6) is 0.0685. The summed E-state index contributed by atoms with van der Waals surface area (Å²) < 4.78 is 6.14. The van der Waals surface area contributed by atoms with Crippen LogP contribution in [-0.2, 0) is 17.8 Å². The first-order chi connectivity index (χ1) is 11.2. The molecule has 2 heterocycles. The second-order valence-corrected chi connectivity index (χ2v) is 7.03. The lowest BCUT2D eigenvalue weighted by atomic mass is 10.1. The van der Waals surface area contributed by atoms with Crippen LogP contribution in [0.4, 0.5) is 0 Å². The monoisotopic (exact) mass is 389 g/mol. The van der Waals surface area contributed by atoms with E-state index in [0.29, 0.717) is 13.0 Å². The van der Waals surface area contributed by atoms with Crippen LogP contribution in [0.15, 0.2) is 63.2 Å². The summed E-state index contributed by atoms with van der Waals surface area (Å²) in [7, 11) is 0. The third kappa shape index (κ3) is 4.33. The predicted octanol–water partition coefficient (Wildman–Crippen LogP) is 5.02. The van der Waals surface area contributed by atoms with Gasteiger partial charge in [0.05, 0.1) is 19.1 Å². The Morgan fingerprint density at radius 3 is 2.87 bits per heavy atom. The van der Waals surface area contributed by atoms with Crippen LogP contribution in [0.2, 0.25) is 0 Å². The highest BCUT2D eigenvalue weighted by molar-refractivity contribution is 9.10. The molecule has 0 spiro atoms. The molecule has 0 unspecified atom stereocenters. The molecule has 3 aromatic rings. The van der Waals surface area contributed by atoms with Gasteiger partial charge in [0.2, 0.25) is 5.91 Å². The standard InChI is InChI=1S/C18H16BrNO2S/c19-17-4-2-1-3-13(17)5-6-18(21)20-10-16-9-15(12-23-16)14-7-8-22-11-14/h1-4,7-9,11-12H,5-6,10H2,(H,20,21). The summed E-state index contributed by atoms with van der Waals surface area (Å²) in [4.78, 5) is 13.1. The highest BCUT2D eigenvalue weighted by Crippen LogP contribution is 2.25. The summed E-state index contributed by atoms with van der Waals surface area (Å²) in [6.07, 6.45) is 4.61. The van der Waals surface area contributed by atoms with Crippen molar-refractivity contribution in [2.45, 2.75) is 19.4 Å². The van der Waals surface area contributed by atoms with Gasteiger partial charge in [-0.3, -0.25) is 4.79 Å². The molecule has 3 nitrogen and oxygen atoms in total. The smallest absolute Gasteiger partial charge is 0.220 e. The Morgan fingerprint density at radius 1 is 1.22 bits per heavy atom. The number of hydrogen-bond acceptors (Lipinski definition) is 3. The summed E-state index contributed by atoms with van der Waals surface area (Å²) in [6.45, 7) is 0.567. The number of aryl methyl sites for hydroxylation is 1. The molecule has 0 saturated carbocycles. The second-order valence-electron chi connectivity index (χ2n) is 5.18. The van der Waals surface area contributed by atoms with E-state index < -0.39 is 0 Å². The molecule has 0 atom stereocenters. The van der Waals surface area contributed by atoms with E-state index in [2.05, 4.69) is 32.7 Å². The third-order valence-electron chi connectivity index (χ3n) is 3.55. The zero-order valence-corrected chi connectivity index (χ0v) is 14.8. The van der Waals surface area contributed by atoms with E-state index in [1.165, 1.54) is 0 Å². The van der Waals surface area contributed by atoms with Gasteiger partial charge in [0.1, 0.15) is 0 Å². The number of thiophene rings is 1. The van der Waals surface area contributed by atoms with E-state index in [9.17, 15) is 4.79 Å². The molecule has 1 amide bonds. The predicted molar refractivity (Wildman–Crippen MR) is 96.3 cm³/mol. The van der Waals surface area contributed by atoms with Crippen molar-refractivity contribution in [1.29, 1.82) is 0 Å². The first-order valence-electron chi connectivity index (χ1n) is 7.32. The number of carbonyl (C=O) groups excluding carboxylic acids is 1. The lowest BCUT2D eigenvalue weighted by Gasteiger charge is -2.05. The molecule has 0 aliphatic carbocycles. The van der Waals surface area contributed by atoms with Crippen molar-refractivity contribution < 1.29 is 9.21 Å². The van der Waals surface area contributed by atoms with Crippen molar-refractivity contribution in [2.75, 3.05) is 0 Å². The Hall–Kier alpha value is -1.85. The summed E-state index contributed by atoms with van der Waals surface area (Å²) in [6, 6.07) is 12.0. The second kappa shape index (κ2) is 7.62. The van der Waals surface area contributed by atoms with Gasteiger partial charge in [-0.15, -0.1) is 11.3 Å².